The number of hydrogen-bond donors (Lipinski definition) is 1. The van der Waals surface area contributed by atoms with E-state index in [2.05, 4.69) is 6.92 Å². The van der Waals surface area contributed by atoms with Crippen molar-refractivity contribution < 1.29 is 14.3 Å². The first kappa shape index (κ1) is 13.5. The Hall–Kier alpha value is -0.610. The van der Waals surface area contributed by atoms with Gasteiger partial charge in [0.05, 0.1) is 12.5 Å². The van der Waals surface area contributed by atoms with Gasteiger partial charge in [-0.3, -0.25) is 4.79 Å². The summed E-state index contributed by atoms with van der Waals surface area (Å²) < 4.78 is 10.4. The van der Waals surface area contributed by atoms with Crippen LogP contribution in [0.3, 0.4) is 0 Å². The van der Waals surface area contributed by atoms with E-state index in [4.69, 9.17) is 15.2 Å². The zero-order valence-corrected chi connectivity index (χ0v) is 10.1. The van der Waals surface area contributed by atoms with Crippen molar-refractivity contribution in [3.63, 3.8) is 0 Å². The van der Waals surface area contributed by atoms with E-state index in [0.29, 0.717) is 13.2 Å². The molecule has 16 heavy (non-hydrogen) atoms. The largest absolute Gasteiger partial charge is 0.463 e. The lowest BCUT2D eigenvalue weighted by Gasteiger charge is -2.10. The van der Waals surface area contributed by atoms with E-state index < -0.39 is 0 Å². The Kier molecular flexibility index (Phi) is 6.42. The smallest absolute Gasteiger partial charge is 0.309 e. The van der Waals surface area contributed by atoms with Crippen LogP contribution in [0.4, 0.5) is 0 Å². The first-order valence-electron chi connectivity index (χ1n) is 6.24. The predicted octanol–water partition coefficient (Wildman–Crippen LogP) is 1.47. The quantitative estimate of drug-likeness (QED) is 0.530. The predicted molar refractivity (Wildman–Crippen MR) is 62.0 cm³/mol. The maximum absolute atomic E-state index is 11.5. The molecular formula is C12H23NO3. The summed E-state index contributed by atoms with van der Waals surface area (Å²) in [4.78, 5) is 11.5. The molecule has 94 valence electrons. The molecule has 0 amide bonds. The van der Waals surface area contributed by atoms with Crippen LogP contribution >= 0.6 is 0 Å². The highest BCUT2D eigenvalue weighted by molar-refractivity contribution is 5.72. The first-order chi connectivity index (χ1) is 7.74. The molecule has 2 N–H and O–H groups in total. The molecule has 0 aliphatic heterocycles. The van der Waals surface area contributed by atoms with Crippen molar-refractivity contribution in [2.45, 2.75) is 45.1 Å². The second-order valence-electron chi connectivity index (χ2n) is 4.40. The number of esters is 1. The number of unbranched alkanes of at least 4 members (excludes halogenated alkanes) is 1. The van der Waals surface area contributed by atoms with Gasteiger partial charge in [-0.25, -0.2) is 0 Å². The van der Waals surface area contributed by atoms with E-state index in [-0.39, 0.29) is 17.9 Å². The highest BCUT2D eigenvalue weighted by atomic mass is 16.6. The van der Waals surface area contributed by atoms with Gasteiger partial charge in [-0.1, -0.05) is 13.3 Å². The summed E-state index contributed by atoms with van der Waals surface area (Å²) >= 11 is 0. The lowest BCUT2D eigenvalue weighted by atomic mass is 10.1. The van der Waals surface area contributed by atoms with Crippen LogP contribution in [0.25, 0.3) is 0 Å². The van der Waals surface area contributed by atoms with Gasteiger partial charge >= 0.3 is 5.97 Å². The summed E-state index contributed by atoms with van der Waals surface area (Å²) in [5.41, 5.74) is 5.74. The number of nitrogens with two attached hydrogens (primary N) is 1. The average Bonchev–Trinajstić information content (AvgIpc) is 2.70. The van der Waals surface area contributed by atoms with Crippen molar-refractivity contribution in [2.24, 2.45) is 11.7 Å². The Morgan fingerprint density at radius 2 is 2.12 bits per heavy atom. The maximum atomic E-state index is 11.5. The maximum Gasteiger partial charge on any atom is 0.309 e. The van der Waals surface area contributed by atoms with E-state index in [1.165, 1.54) is 0 Å². The molecular weight excluding hydrogens is 206 g/mol. The molecule has 1 fully saturated rings. The zero-order chi connectivity index (χ0) is 11.8. The molecule has 1 aliphatic rings. The fourth-order valence-electron chi connectivity index (χ4n) is 1.90. The van der Waals surface area contributed by atoms with Gasteiger partial charge in [0.1, 0.15) is 6.61 Å². The number of ether oxygens (including phenoxy) is 2. The van der Waals surface area contributed by atoms with E-state index in [9.17, 15) is 4.79 Å². The number of hydrogen-bond acceptors (Lipinski definition) is 4. The number of carbonyl (C=O) groups excluding carboxylic acids is 1. The van der Waals surface area contributed by atoms with Gasteiger partial charge in [0.15, 0.2) is 0 Å². The van der Waals surface area contributed by atoms with Gasteiger partial charge in [0, 0.05) is 12.6 Å². The third-order valence-electron chi connectivity index (χ3n) is 2.92. The molecule has 0 heterocycles. The van der Waals surface area contributed by atoms with Crippen LogP contribution < -0.4 is 5.73 Å². The standard InChI is InChI=1S/C12H23NO3/c1-2-3-6-15-7-8-16-12(14)10-4-5-11(13)9-10/h10-11H,2-9,13H2,1H3/t10-,11+/m1/s1. The van der Waals surface area contributed by atoms with Crippen molar-refractivity contribution >= 4 is 5.97 Å². The van der Waals surface area contributed by atoms with Crippen LogP contribution in [0.15, 0.2) is 0 Å². The van der Waals surface area contributed by atoms with Crippen molar-refractivity contribution in [2.75, 3.05) is 19.8 Å². The third-order valence-corrected chi connectivity index (χ3v) is 2.92. The van der Waals surface area contributed by atoms with Crippen LogP contribution in [0.1, 0.15) is 39.0 Å². The molecule has 0 aromatic rings. The molecule has 0 unspecified atom stereocenters. The lowest BCUT2D eigenvalue weighted by Crippen LogP contribution is -2.21. The summed E-state index contributed by atoms with van der Waals surface area (Å²) in [5.74, 6) is -0.0855. The summed E-state index contributed by atoms with van der Waals surface area (Å²) in [6, 6.07) is 0.179. The van der Waals surface area contributed by atoms with Crippen molar-refractivity contribution in [1.29, 1.82) is 0 Å². The average molecular weight is 229 g/mol. The minimum absolute atomic E-state index is 0.0191. The molecule has 4 heteroatoms. The Balaban J connectivity index is 1.98. The van der Waals surface area contributed by atoms with Gasteiger partial charge in [-0.05, 0) is 25.7 Å². The number of carbonyl (C=O) groups is 1. The molecule has 4 nitrogen and oxygen atoms in total. The summed E-state index contributed by atoms with van der Waals surface area (Å²) in [6.45, 7) is 3.74. The van der Waals surface area contributed by atoms with Gasteiger partial charge in [0.2, 0.25) is 0 Å². The second-order valence-corrected chi connectivity index (χ2v) is 4.40. The normalized spacial score (nSPS) is 24.6. The third kappa shape index (κ3) is 4.94. The Morgan fingerprint density at radius 1 is 1.31 bits per heavy atom. The molecule has 0 spiro atoms. The zero-order valence-electron chi connectivity index (χ0n) is 10.1. The fourth-order valence-corrected chi connectivity index (χ4v) is 1.90. The van der Waals surface area contributed by atoms with Gasteiger partial charge in [-0.2, -0.15) is 0 Å². The Labute approximate surface area is 97.5 Å². The Bertz CT molecular complexity index is 208. The van der Waals surface area contributed by atoms with Crippen LogP contribution in [-0.2, 0) is 14.3 Å². The molecule has 1 saturated carbocycles. The monoisotopic (exact) mass is 229 g/mol. The van der Waals surface area contributed by atoms with Gasteiger partial charge < -0.3 is 15.2 Å². The van der Waals surface area contributed by atoms with E-state index in [1.807, 2.05) is 0 Å². The highest BCUT2D eigenvalue weighted by Crippen LogP contribution is 2.24. The Morgan fingerprint density at radius 3 is 2.75 bits per heavy atom. The van der Waals surface area contributed by atoms with Crippen molar-refractivity contribution in [3.8, 4) is 0 Å². The van der Waals surface area contributed by atoms with E-state index >= 15 is 0 Å². The summed E-state index contributed by atoms with van der Waals surface area (Å²) in [6.07, 6.45) is 4.77. The molecule has 0 aromatic heterocycles. The summed E-state index contributed by atoms with van der Waals surface area (Å²) in [5, 5.41) is 0. The molecule has 0 bridgehead atoms. The molecule has 0 radical (unpaired) electrons. The molecule has 0 aromatic carbocycles. The van der Waals surface area contributed by atoms with Crippen LogP contribution in [0.2, 0.25) is 0 Å². The molecule has 0 saturated heterocycles. The number of rotatable bonds is 7. The van der Waals surface area contributed by atoms with Crippen molar-refractivity contribution in [3.05, 3.63) is 0 Å². The molecule has 2 atom stereocenters. The van der Waals surface area contributed by atoms with Crippen LogP contribution in [-0.4, -0.2) is 31.8 Å². The van der Waals surface area contributed by atoms with Crippen molar-refractivity contribution in [1.82, 2.24) is 0 Å². The SMILES string of the molecule is CCCCOCCOC(=O)[C@@H]1CC[C@H](N)C1. The van der Waals surface area contributed by atoms with Crippen LogP contribution in [0.5, 0.6) is 0 Å². The van der Waals surface area contributed by atoms with E-state index in [0.717, 1.165) is 38.7 Å². The van der Waals surface area contributed by atoms with E-state index in [1.54, 1.807) is 0 Å². The highest BCUT2D eigenvalue weighted by Gasteiger charge is 2.28. The topological polar surface area (TPSA) is 61.5 Å². The lowest BCUT2D eigenvalue weighted by molar-refractivity contribution is -0.149. The molecule has 1 rings (SSSR count). The van der Waals surface area contributed by atoms with Gasteiger partial charge in [-0.15, -0.1) is 0 Å². The van der Waals surface area contributed by atoms with Gasteiger partial charge in [0.25, 0.3) is 0 Å². The van der Waals surface area contributed by atoms with Crippen LogP contribution in [0, 0.1) is 5.92 Å². The fraction of sp³-hybridized carbons (Fsp3) is 0.917. The molecule has 1 aliphatic carbocycles. The first-order valence-corrected chi connectivity index (χ1v) is 6.24. The minimum atomic E-state index is -0.105. The minimum Gasteiger partial charge on any atom is -0.463 e. The summed E-state index contributed by atoms with van der Waals surface area (Å²) in [7, 11) is 0. The second kappa shape index (κ2) is 7.63.